The highest BCUT2D eigenvalue weighted by molar-refractivity contribution is 7.99. The number of nitrogens with one attached hydrogen (secondary N) is 1. The van der Waals surface area contributed by atoms with Crippen LogP contribution in [0.25, 0.3) is 0 Å². The number of carbonyl (C=O) groups is 1. The average molecular weight is 399 g/mol. The van der Waals surface area contributed by atoms with Gasteiger partial charge in [-0.2, -0.15) is 0 Å². The van der Waals surface area contributed by atoms with Crippen LogP contribution in [0.5, 0.6) is 0 Å². The number of sulfonamides is 1. The normalized spacial score (nSPS) is 11.3. The number of hydrogen-bond donors (Lipinski definition) is 2. The van der Waals surface area contributed by atoms with Crippen molar-refractivity contribution in [2.24, 2.45) is 5.14 Å². The summed E-state index contributed by atoms with van der Waals surface area (Å²) >= 11 is 7.61. The second kappa shape index (κ2) is 9.24. The van der Waals surface area contributed by atoms with Crippen LogP contribution in [-0.4, -0.2) is 26.6 Å². The smallest absolute Gasteiger partial charge is 0.238 e. The molecule has 0 fully saturated rings. The van der Waals surface area contributed by atoms with Crippen LogP contribution in [0.3, 0.4) is 0 Å². The molecule has 2 rings (SSSR count). The number of primary sulfonamides is 1. The van der Waals surface area contributed by atoms with E-state index in [2.05, 4.69) is 5.32 Å². The fourth-order valence-electron chi connectivity index (χ4n) is 2.10. The van der Waals surface area contributed by atoms with Crippen molar-refractivity contribution in [3.63, 3.8) is 0 Å². The molecular formula is C17H19ClN2O3S2. The number of rotatable bonds is 8. The Balaban J connectivity index is 1.69. The van der Waals surface area contributed by atoms with E-state index in [1.807, 2.05) is 24.3 Å². The van der Waals surface area contributed by atoms with Crippen molar-refractivity contribution in [1.29, 1.82) is 0 Å². The Morgan fingerprint density at radius 2 is 1.80 bits per heavy atom. The van der Waals surface area contributed by atoms with Crippen LogP contribution in [0.15, 0.2) is 58.3 Å². The van der Waals surface area contributed by atoms with Gasteiger partial charge in [-0.3, -0.25) is 4.79 Å². The molecule has 0 saturated heterocycles. The Morgan fingerprint density at radius 3 is 2.44 bits per heavy atom. The first-order valence-corrected chi connectivity index (χ1v) is 10.5. The molecule has 0 radical (unpaired) electrons. The molecule has 0 aliphatic heterocycles. The zero-order valence-electron chi connectivity index (χ0n) is 13.4. The molecule has 25 heavy (non-hydrogen) atoms. The van der Waals surface area contributed by atoms with Crippen molar-refractivity contribution in [1.82, 2.24) is 5.32 Å². The van der Waals surface area contributed by atoms with Crippen molar-refractivity contribution in [3.8, 4) is 0 Å². The highest BCUT2D eigenvalue weighted by Crippen LogP contribution is 2.26. The van der Waals surface area contributed by atoms with Crippen molar-refractivity contribution in [2.45, 2.75) is 22.6 Å². The minimum atomic E-state index is -3.67. The summed E-state index contributed by atoms with van der Waals surface area (Å²) in [6.45, 7) is 0.490. The van der Waals surface area contributed by atoms with Crippen molar-refractivity contribution < 1.29 is 13.2 Å². The van der Waals surface area contributed by atoms with Gasteiger partial charge in [0.2, 0.25) is 15.9 Å². The molecule has 0 aliphatic rings. The SMILES string of the molecule is NS(=O)(=O)c1ccc(CCNC(=O)CCSc2ccccc2Cl)cc1. The number of carbonyl (C=O) groups excluding carboxylic acids is 1. The maximum atomic E-state index is 11.8. The lowest BCUT2D eigenvalue weighted by Gasteiger charge is -2.07. The van der Waals surface area contributed by atoms with E-state index in [0.29, 0.717) is 30.2 Å². The van der Waals surface area contributed by atoms with Crippen molar-refractivity contribution in [3.05, 3.63) is 59.1 Å². The van der Waals surface area contributed by atoms with E-state index in [4.69, 9.17) is 16.7 Å². The number of benzene rings is 2. The van der Waals surface area contributed by atoms with Gasteiger partial charge in [-0.15, -0.1) is 11.8 Å². The van der Waals surface area contributed by atoms with E-state index in [9.17, 15) is 13.2 Å². The first-order valence-electron chi connectivity index (χ1n) is 7.62. The van der Waals surface area contributed by atoms with Crippen LogP contribution in [0.4, 0.5) is 0 Å². The van der Waals surface area contributed by atoms with E-state index < -0.39 is 10.0 Å². The predicted molar refractivity (Wildman–Crippen MR) is 101 cm³/mol. The first kappa shape index (κ1) is 19.8. The van der Waals surface area contributed by atoms with Crippen LogP contribution in [0.1, 0.15) is 12.0 Å². The zero-order valence-corrected chi connectivity index (χ0v) is 15.8. The molecule has 8 heteroatoms. The molecule has 0 bridgehead atoms. The minimum Gasteiger partial charge on any atom is -0.356 e. The van der Waals surface area contributed by atoms with Crippen LogP contribution in [-0.2, 0) is 21.2 Å². The summed E-state index contributed by atoms with van der Waals surface area (Å²) in [6.07, 6.45) is 1.02. The monoisotopic (exact) mass is 398 g/mol. The quantitative estimate of drug-likeness (QED) is 0.669. The van der Waals surface area contributed by atoms with Gasteiger partial charge in [0.05, 0.1) is 9.92 Å². The number of halogens is 1. The molecule has 3 N–H and O–H groups in total. The van der Waals surface area contributed by atoms with Crippen LogP contribution in [0, 0.1) is 0 Å². The third-order valence-electron chi connectivity index (χ3n) is 3.41. The Hall–Kier alpha value is -1.54. The fraction of sp³-hybridized carbons (Fsp3) is 0.235. The van der Waals surface area contributed by atoms with Gasteiger partial charge in [-0.1, -0.05) is 35.9 Å². The second-order valence-corrected chi connectivity index (χ2v) is 8.42. The zero-order chi connectivity index (χ0) is 18.3. The lowest BCUT2D eigenvalue weighted by molar-refractivity contribution is -0.120. The summed E-state index contributed by atoms with van der Waals surface area (Å²) in [7, 11) is -3.67. The van der Waals surface area contributed by atoms with Gasteiger partial charge in [0.15, 0.2) is 0 Å². The first-order chi connectivity index (χ1) is 11.9. The van der Waals surface area contributed by atoms with E-state index in [1.54, 1.807) is 23.9 Å². The third-order valence-corrected chi connectivity index (χ3v) is 5.86. The van der Waals surface area contributed by atoms with Gasteiger partial charge in [-0.25, -0.2) is 13.6 Å². The van der Waals surface area contributed by atoms with E-state index in [0.717, 1.165) is 10.5 Å². The largest absolute Gasteiger partial charge is 0.356 e. The van der Waals surface area contributed by atoms with Crippen LogP contribution in [0.2, 0.25) is 5.02 Å². The van der Waals surface area contributed by atoms with Gasteiger partial charge in [0.1, 0.15) is 0 Å². The molecule has 0 spiro atoms. The molecule has 0 aliphatic carbocycles. The molecule has 0 atom stereocenters. The summed E-state index contributed by atoms with van der Waals surface area (Å²) in [6, 6.07) is 13.9. The Bertz CT molecular complexity index is 824. The number of thioether (sulfide) groups is 1. The van der Waals surface area contributed by atoms with Crippen molar-refractivity contribution >= 4 is 39.3 Å². The Labute approximate surface area is 157 Å². The molecule has 2 aromatic rings. The van der Waals surface area contributed by atoms with Gasteiger partial charge >= 0.3 is 0 Å². The maximum Gasteiger partial charge on any atom is 0.238 e. The van der Waals surface area contributed by atoms with E-state index >= 15 is 0 Å². The lowest BCUT2D eigenvalue weighted by atomic mass is 10.1. The van der Waals surface area contributed by atoms with Gasteiger partial charge in [-0.05, 0) is 36.2 Å². The number of amides is 1. The van der Waals surface area contributed by atoms with Crippen molar-refractivity contribution in [2.75, 3.05) is 12.3 Å². The molecule has 0 saturated carbocycles. The van der Waals surface area contributed by atoms with Crippen LogP contribution < -0.4 is 10.5 Å². The molecule has 134 valence electrons. The Morgan fingerprint density at radius 1 is 1.12 bits per heavy atom. The van der Waals surface area contributed by atoms with Crippen LogP contribution >= 0.6 is 23.4 Å². The topological polar surface area (TPSA) is 89.3 Å². The number of nitrogens with two attached hydrogens (primary N) is 1. The lowest BCUT2D eigenvalue weighted by Crippen LogP contribution is -2.25. The minimum absolute atomic E-state index is 0.0271. The summed E-state index contributed by atoms with van der Waals surface area (Å²) in [5, 5.41) is 8.59. The molecule has 2 aromatic carbocycles. The molecular weight excluding hydrogens is 380 g/mol. The Kier molecular flexibility index (Phi) is 7.31. The van der Waals surface area contributed by atoms with Gasteiger partial charge in [0, 0.05) is 23.6 Å². The van der Waals surface area contributed by atoms with Gasteiger partial charge < -0.3 is 5.32 Å². The average Bonchev–Trinajstić information content (AvgIpc) is 2.56. The summed E-state index contributed by atoms with van der Waals surface area (Å²) in [5.74, 6) is 0.624. The fourth-order valence-corrected chi connectivity index (χ4v) is 3.80. The predicted octanol–water partition coefficient (Wildman–Crippen LogP) is 2.83. The standard InChI is InChI=1S/C17H19ClN2O3S2/c18-15-3-1-2-4-16(15)24-12-10-17(21)20-11-9-13-5-7-14(8-6-13)25(19,22)23/h1-8H,9-12H2,(H,20,21)(H2,19,22,23). The summed E-state index contributed by atoms with van der Waals surface area (Å²) in [4.78, 5) is 12.9. The molecule has 0 heterocycles. The molecule has 0 aromatic heterocycles. The van der Waals surface area contributed by atoms with E-state index in [-0.39, 0.29) is 10.8 Å². The summed E-state index contributed by atoms with van der Waals surface area (Å²) in [5.41, 5.74) is 0.929. The number of hydrogen-bond acceptors (Lipinski definition) is 4. The molecule has 5 nitrogen and oxygen atoms in total. The molecule has 0 unspecified atom stereocenters. The summed E-state index contributed by atoms with van der Waals surface area (Å²) < 4.78 is 22.4. The highest BCUT2D eigenvalue weighted by atomic mass is 35.5. The maximum absolute atomic E-state index is 11.8. The van der Waals surface area contributed by atoms with Gasteiger partial charge in [0.25, 0.3) is 0 Å². The molecule has 1 amide bonds. The van der Waals surface area contributed by atoms with E-state index in [1.165, 1.54) is 12.1 Å². The second-order valence-electron chi connectivity index (χ2n) is 5.32. The highest BCUT2D eigenvalue weighted by Gasteiger charge is 2.07. The third kappa shape index (κ3) is 6.70.